The van der Waals surface area contributed by atoms with E-state index in [0.717, 1.165) is 23.9 Å². The van der Waals surface area contributed by atoms with Crippen LogP contribution in [-0.4, -0.2) is 15.0 Å². The SMILES string of the molecule is CCCCC(CC)CC(N)(CC(CC)CCCC)n1nnc2ccccc21. The molecule has 0 spiro atoms. The number of nitrogens with zero attached hydrogens (tertiary/aromatic N) is 3. The molecule has 4 nitrogen and oxygen atoms in total. The summed E-state index contributed by atoms with van der Waals surface area (Å²) in [7, 11) is 0. The van der Waals surface area contributed by atoms with E-state index in [4.69, 9.17) is 5.73 Å². The van der Waals surface area contributed by atoms with Crippen LogP contribution >= 0.6 is 0 Å². The monoisotopic (exact) mass is 372 g/mol. The lowest BCUT2D eigenvalue weighted by molar-refractivity contribution is 0.145. The maximum Gasteiger partial charge on any atom is 0.113 e. The molecule has 152 valence electrons. The Morgan fingerprint density at radius 3 is 2.00 bits per heavy atom. The molecule has 2 N–H and O–H groups in total. The van der Waals surface area contributed by atoms with Gasteiger partial charge in [0.1, 0.15) is 11.2 Å². The maximum absolute atomic E-state index is 7.19. The summed E-state index contributed by atoms with van der Waals surface area (Å²) in [5.74, 6) is 1.28. The topological polar surface area (TPSA) is 56.7 Å². The van der Waals surface area contributed by atoms with Crippen LogP contribution in [0.3, 0.4) is 0 Å². The number of aromatic nitrogens is 3. The van der Waals surface area contributed by atoms with Crippen LogP contribution in [0, 0.1) is 11.8 Å². The summed E-state index contributed by atoms with van der Waals surface area (Å²) in [4.78, 5) is 0. The van der Waals surface area contributed by atoms with Crippen molar-refractivity contribution in [3.05, 3.63) is 24.3 Å². The van der Waals surface area contributed by atoms with Crippen molar-refractivity contribution in [3.63, 3.8) is 0 Å². The Labute approximate surface area is 165 Å². The van der Waals surface area contributed by atoms with Gasteiger partial charge in [0.2, 0.25) is 0 Å². The van der Waals surface area contributed by atoms with Gasteiger partial charge in [-0.25, -0.2) is 4.68 Å². The molecule has 0 saturated heterocycles. The summed E-state index contributed by atoms with van der Waals surface area (Å²) in [6.45, 7) is 9.14. The second-order valence-corrected chi connectivity index (χ2v) is 8.33. The Morgan fingerprint density at radius 1 is 0.926 bits per heavy atom. The van der Waals surface area contributed by atoms with E-state index in [1.807, 2.05) is 16.8 Å². The number of rotatable bonds is 13. The van der Waals surface area contributed by atoms with Crippen molar-refractivity contribution in [1.82, 2.24) is 15.0 Å². The molecule has 27 heavy (non-hydrogen) atoms. The molecule has 0 bridgehead atoms. The zero-order chi connectivity index (χ0) is 19.7. The predicted octanol–water partition coefficient (Wildman–Crippen LogP) is 6.26. The van der Waals surface area contributed by atoms with Gasteiger partial charge in [0.15, 0.2) is 0 Å². The van der Waals surface area contributed by atoms with Gasteiger partial charge in [-0.2, -0.15) is 0 Å². The molecule has 2 aromatic rings. The lowest BCUT2D eigenvalue weighted by Crippen LogP contribution is -2.47. The number of hydrogen-bond acceptors (Lipinski definition) is 3. The van der Waals surface area contributed by atoms with Crippen molar-refractivity contribution in [1.29, 1.82) is 0 Å². The van der Waals surface area contributed by atoms with Gasteiger partial charge in [-0.15, -0.1) is 5.10 Å². The number of para-hydroxylation sites is 1. The summed E-state index contributed by atoms with van der Waals surface area (Å²) in [5, 5.41) is 8.95. The predicted molar refractivity (Wildman–Crippen MR) is 116 cm³/mol. The minimum Gasteiger partial charge on any atom is -0.307 e. The van der Waals surface area contributed by atoms with Crippen LogP contribution in [0.2, 0.25) is 0 Å². The lowest BCUT2D eigenvalue weighted by atomic mass is 9.81. The zero-order valence-corrected chi connectivity index (χ0v) is 18.0. The van der Waals surface area contributed by atoms with Gasteiger partial charge in [-0.05, 0) is 36.8 Å². The molecule has 1 heterocycles. The van der Waals surface area contributed by atoms with Crippen molar-refractivity contribution in [2.24, 2.45) is 17.6 Å². The van der Waals surface area contributed by atoms with E-state index in [0.29, 0.717) is 11.8 Å². The van der Waals surface area contributed by atoms with Crippen molar-refractivity contribution in [2.45, 2.75) is 97.6 Å². The van der Waals surface area contributed by atoms with Gasteiger partial charge in [0.25, 0.3) is 0 Å². The first-order valence-electron chi connectivity index (χ1n) is 11.2. The van der Waals surface area contributed by atoms with Crippen LogP contribution in [-0.2, 0) is 5.66 Å². The standard InChI is InChI=1S/C23H40N4/c1-5-9-13-19(7-3)17-23(24,18-20(8-4)14-10-6-2)27-22-16-12-11-15-21(22)25-26-27/h11-12,15-16,19-20H,5-10,13-14,17-18,24H2,1-4H3. The van der Waals surface area contributed by atoms with Crippen LogP contribution in [0.5, 0.6) is 0 Å². The van der Waals surface area contributed by atoms with Crippen LogP contribution in [0.1, 0.15) is 91.9 Å². The first-order chi connectivity index (χ1) is 13.1. The summed E-state index contributed by atoms with van der Waals surface area (Å²) < 4.78 is 2.05. The van der Waals surface area contributed by atoms with Gasteiger partial charge >= 0.3 is 0 Å². The Morgan fingerprint density at radius 2 is 1.48 bits per heavy atom. The average molecular weight is 373 g/mol. The molecule has 0 aliphatic heterocycles. The Kier molecular flexibility index (Phi) is 8.75. The molecular formula is C23H40N4. The third-order valence-corrected chi connectivity index (χ3v) is 6.14. The third kappa shape index (κ3) is 5.78. The maximum atomic E-state index is 7.19. The Bertz CT molecular complexity index is 645. The summed E-state index contributed by atoms with van der Waals surface area (Å²) in [6.07, 6.45) is 11.9. The first kappa shape index (κ1) is 21.9. The number of benzene rings is 1. The average Bonchev–Trinajstić information content (AvgIpc) is 3.13. The quantitative estimate of drug-likeness (QED) is 0.452. The molecular weight excluding hydrogens is 332 g/mol. The van der Waals surface area contributed by atoms with Crippen molar-refractivity contribution < 1.29 is 0 Å². The summed E-state index contributed by atoms with van der Waals surface area (Å²) in [5.41, 5.74) is 8.73. The van der Waals surface area contributed by atoms with Gasteiger partial charge < -0.3 is 5.73 Å². The number of hydrogen-bond donors (Lipinski definition) is 1. The van der Waals surface area contributed by atoms with Gasteiger partial charge in [-0.3, -0.25) is 0 Å². The van der Waals surface area contributed by atoms with E-state index in [1.165, 1.54) is 51.4 Å². The molecule has 0 fully saturated rings. The Hall–Kier alpha value is -1.42. The molecule has 2 unspecified atom stereocenters. The smallest absolute Gasteiger partial charge is 0.113 e. The second kappa shape index (κ2) is 10.8. The van der Waals surface area contributed by atoms with Crippen molar-refractivity contribution >= 4 is 11.0 Å². The highest BCUT2D eigenvalue weighted by Gasteiger charge is 2.34. The molecule has 0 aliphatic carbocycles. The minimum absolute atomic E-state index is 0.459. The molecule has 2 atom stereocenters. The van der Waals surface area contributed by atoms with E-state index in [1.54, 1.807) is 0 Å². The normalized spacial score (nSPS) is 16.3. The third-order valence-electron chi connectivity index (χ3n) is 6.14. The van der Waals surface area contributed by atoms with Gasteiger partial charge in [-0.1, -0.05) is 96.4 Å². The van der Waals surface area contributed by atoms with Gasteiger partial charge in [0.05, 0.1) is 5.52 Å². The summed E-state index contributed by atoms with van der Waals surface area (Å²) in [6, 6.07) is 8.22. The molecule has 0 aliphatic rings. The fourth-order valence-corrected chi connectivity index (χ4v) is 4.34. The number of fused-ring (bicyclic) bond motifs is 1. The number of unbranched alkanes of at least 4 members (excludes halogenated alkanes) is 2. The Balaban J connectivity index is 2.34. The van der Waals surface area contributed by atoms with Crippen molar-refractivity contribution in [3.8, 4) is 0 Å². The molecule has 1 aromatic heterocycles. The lowest BCUT2D eigenvalue weighted by Gasteiger charge is -2.36. The van der Waals surface area contributed by atoms with Gasteiger partial charge in [0, 0.05) is 0 Å². The van der Waals surface area contributed by atoms with E-state index < -0.39 is 5.66 Å². The molecule has 0 amide bonds. The molecule has 1 aromatic carbocycles. The van der Waals surface area contributed by atoms with Crippen LogP contribution in [0.4, 0.5) is 0 Å². The highest BCUT2D eigenvalue weighted by atomic mass is 15.5. The second-order valence-electron chi connectivity index (χ2n) is 8.33. The van der Waals surface area contributed by atoms with E-state index in [9.17, 15) is 0 Å². The van der Waals surface area contributed by atoms with Crippen LogP contribution < -0.4 is 5.73 Å². The molecule has 4 heteroatoms. The van der Waals surface area contributed by atoms with Crippen molar-refractivity contribution in [2.75, 3.05) is 0 Å². The van der Waals surface area contributed by atoms with E-state index >= 15 is 0 Å². The van der Waals surface area contributed by atoms with E-state index in [2.05, 4.69) is 50.1 Å². The minimum atomic E-state index is -0.459. The highest BCUT2D eigenvalue weighted by molar-refractivity contribution is 5.74. The zero-order valence-electron chi connectivity index (χ0n) is 18.0. The summed E-state index contributed by atoms with van der Waals surface area (Å²) >= 11 is 0. The van der Waals surface area contributed by atoms with Crippen LogP contribution in [0.15, 0.2) is 24.3 Å². The molecule has 0 saturated carbocycles. The largest absolute Gasteiger partial charge is 0.307 e. The fourth-order valence-electron chi connectivity index (χ4n) is 4.34. The molecule has 2 rings (SSSR count). The van der Waals surface area contributed by atoms with E-state index in [-0.39, 0.29) is 0 Å². The molecule has 0 radical (unpaired) electrons. The first-order valence-corrected chi connectivity index (χ1v) is 11.2. The number of nitrogens with two attached hydrogens (primary N) is 1. The fraction of sp³-hybridized carbons (Fsp3) is 0.739. The van der Waals surface area contributed by atoms with Crippen LogP contribution in [0.25, 0.3) is 11.0 Å². The highest BCUT2D eigenvalue weighted by Crippen LogP contribution is 2.35.